The molecule has 3 heterocycles. The minimum atomic E-state index is -0.852. The van der Waals surface area contributed by atoms with Crippen LogP contribution in [-0.2, 0) is 18.9 Å². The number of piperazine rings is 1. The maximum absolute atomic E-state index is 13.2. The first-order chi connectivity index (χ1) is 27.7. The summed E-state index contributed by atoms with van der Waals surface area (Å²) < 4.78 is 27.1. The third kappa shape index (κ3) is 15.6. The van der Waals surface area contributed by atoms with Gasteiger partial charge in [-0.15, -0.1) is 9.98 Å². The molecule has 1 aromatic heterocycles. The van der Waals surface area contributed by atoms with E-state index in [0.29, 0.717) is 51.4 Å². The number of amides is 5. The number of benzene rings is 1. The second kappa shape index (κ2) is 18.9. The molecule has 0 atom stereocenters. The van der Waals surface area contributed by atoms with Crippen LogP contribution in [0.15, 0.2) is 57.1 Å². The number of nitrogens with one attached hydrogen (secondary N) is 3. The maximum atomic E-state index is 13.2. The van der Waals surface area contributed by atoms with Crippen molar-refractivity contribution in [2.24, 2.45) is 9.98 Å². The van der Waals surface area contributed by atoms with Crippen LogP contribution in [-0.4, -0.2) is 114 Å². The number of hydrogen-bond acceptors (Lipinski definition) is 11. The molecule has 0 aliphatic carbocycles. The molecule has 2 aliphatic rings. The summed E-state index contributed by atoms with van der Waals surface area (Å²) in [6.07, 6.45) is 0.745. The van der Waals surface area contributed by atoms with Crippen LogP contribution in [0.25, 0.3) is 5.57 Å². The summed E-state index contributed by atoms with van der Waals surface area (Å²) in [6, 6.07) is 9.04. The topological polar surface area (TPSA) is 206 Å². The predicted molar refractivity (Wildman–Crippen MR) is 227 cm³/mol. The van der Waals surface area contributed by atoms with Gasteiger partial charge < -0.3 is 43.4 Å². The molecule has 2 aromatic rings. The van der Waals surface area contributed by atoms with Crippen LogP contribution >= 0.6 is 0 Å². The number of carbonyl (C=O) groups is 5. The van der Waals surface area contributed by atoms with E-state index in [2.05, 4.69) is 30.8 Å². The van der Waals surface area contributed by atoms with Crippen LogP contribution in [0.3, 0.4) is 0 Å². The van der Waals surface area contributed by atoms with Crippen LogP contribution < -0.4 is 20.9 Å². The summed E-state index contributed by atoms with van der Waals surface area (Å²) in [4.78, 5) is 77.3. The molecule has 0 bridgehead atoms. The van der Waals surface area contributed by atoms with E-state index in [1.54, 1.807) is 111 Å². The number of carbonyl (C=O) groups excluding carboxylic acids is 5. The van der Waals surface area contributed by atoms with E-state index in [4.69, 9.17) is 23.4 Å². The highest BCUT2D eigenvalue weighted by Crippen LogP contribution is 2.26. The molecule has 0 radical (unpaired) electrons. The van der Waals surface area contributed by atoms with Gasteiger partial charge in [0.15, 0.2) is 5.76 Å². The highest BCUT2D eigenvalue weighted by atomic mass is 16.6. The van der Waals surface area contributed by atoms with Gasteiger partial charge in [0.1, 0.15) is 22.4 Å². The Hall–Kier alpha value is -6.07. The SMILES string of the molecule is CC(C)(C)OC(=O)/N=C(/NC(=O)OC(C)(C)C)N1CCN(c2ccc(NC(=O)c3cc(C4=CCN(/C(=N/C(=O)OC(C)(C)C)NC(=O)OC(C)(C)C)CC4)co3)cc2)CC1. The first kappa shape index (κ1) is 46.6. The number of rotatable bonds is 4. The molecule has 0 saturated carbocycles. The van der Waals surface area contributed by atoms with Gasteiger partial charge in [0.05, 0.1) is 6.26 Å². The zero-order valence-electron chi connectivity index (χ0n) is 36.8. The van der Waals surface area contributed by atoms with Crippen LogP contribution in [0.2, 0.25) is 0 Å². The molecule has 328 valence electrons. The van der Waals surface area contributed by atoms with Crippen molar-refractivity contribution in [2.75, 3.05) is 49.5 Å². The summed E-state index contributed by atoms with van der Waals surface area (Å²) in [5.74, 6) is -0.259. The molecule has 1 fully saturated rings. The third-order valence-corrected chi connectivity index (χ3v) is 8.18. The number of furan rings is 1. The Bertz CT molecular complexity index is 1970. The first-order valence-electron chi connectivity index (χ1n) is 19.8. The summed E-state index contributed by atoms with van der Waals surface area (Å²) in [6.45, 7) is 23.4. The van der Waals surface area contributed by atoms with Crippen molar-refractivity contribution in [3.05, 3.63) is 54.0 Å². The monoisotopic (exact) mass is 836 g/mol. The fraction of sp³-hybridized carbons (Fsp3) is 0.548. The number of ether oxygens (including phenoxy) is 4. The number of alkyl carbamates (subject to hydrolysis) is 2. The molecule has 0 spiro atoms. The number of guanidine groups is 2. The standard InChI is InChI=1S/C42H60N8O10/c1-39(2,3)57-35(52)44-33(45-36(53)58-40(4,5)6)49-19-17-27(18-20-49)28-25-31(56-26-28)32(51)43-29-13-15-30(16-14-29)48-21-23-50(24-22-48)34(46-37(54)59-41(7,8)9)47-38(55)60-42(10,11)12/h13-17,25-26H,18-24H2,1-12H3,(H,43,51)(H,44,45,52,53)(H,46,47,54,55). The molecule has 3 N–H and O–H groups in total. The molecular weight excluding hydrogens is 777 g/mol. The van der Waals surface area contributed by atoms with Gasteiger partial charge in [-0.1, -0.05) is 6.08 Å². The molecule has 1 saturated heterocycles. The average Bonchev–Trinajstić information content (AvgIpc) is 3.59. The molecule has 2 aliphatic heterocycles. The first-order valence-corrected chi connectivity index (χ1v) is 19.8. The Morgan fingerprint density at radius 3 is 1.57 bits per heavy atom. The molecule has 5 amide bonds. The number of anilines is 2. The van der Waals surface area contributed by atoms with Crippen LogP contribution in [0.1, 0.15) is 106 Å². The molecule has 18 nitrogen and oxygen atoms in total. The van der Waals surface area contributed by atoms with Crippen molar-refractivity contribution in [2.45, 2.75) is 112 Å². The Kier molecular flexibility index (Phi) is 14.7. The van der Waals surface area contributed by atoms with Crippen molar-refractivity contribution in [3.63, 3.8) is 0 Å². The van der Waals surface area contributed by atoms with E-state index in [0.717, 1.165) is 16.8 Å². The lowest BCUT2D eigenvalue weighted by molar-refractivity contribution is 0.0536. The lowest BCUT2D eigenvalue weighted by Crippen LogP contribution is -2.54. The molecular formula is C42H60N8O10. The second-order valence-corrected chi connectivity index (χ2v) is 18.2. The summed E-state index contributed by atoms with van der Waals surface area (Å²) >= 11 is 0. The second-order valence-electron chi connectivity index (χ2n) is 18.2. The van der Waals surface area contributed by atoms with E-state index < -0.39 is 52.7 Å². The highest BCUT2D eigenvalue weighted by Gasteiger charge is 2.28. The van der Waals surface area contributed by atoms with E-state index in [1.165, 1.54) is 6.26 Å². The maximum Gasteiger partial charge on any atom is 0.437 e. The minimum Gasteiger partial charge on any atom is -0.459 e. The summed E-state index contributed by atoms with van der Waals surface area (Å²) in [5, 5.41) is 8.07. The smallest absolute Gasteiger partial charge is 0.437 e. The van der Waals surface area contributed by atoms with Gasteiger partial charge in [-0.3, -0.25) is 15.4 Å². The fourth-order valence-corrected chi connectivity index (χ4v) is 5.76. The highest BCUT2D eigenvalue weighted by molar-refractivity contribution is 6.03. The number of hydrogen-bond donors (Lipinski definition) is 3. The average molecular weight is 837 g/mol. The Balaban J connectivity index is 1.35. The largest absolute Gasteiger partial charge is 0.459 e. The van der Waals surface area contributed by atoms with E-state index >= 15 is 0 Å². The van der Waals surface area contributed by atoms with Crippen molar-refractivity contribution in [1.82, 2.24) is 20.4 Å². The van der Waals surface area contributed by atoms with Crippen LogP contribution in [0.5, 0.6) is 0 Å². The molecule has 18 heteroatoms. The number of aliphatic imine (C=N–C) groups is 2. The molecule has 4 rings (SSSR count). The van der Waals surface area contributed by atoms with Crippen molar-refractivity contribution in [3.8, 4) is 0 Å². The van der Waals surface area contributed by atoms with E-state index in [9.17, 15) is 24.0 Å². The minimum absolute atomic E-state index is 0.000756. The third-order valence-electron chi connectivity index (χ3n) is 8.18. The quantitative estimate of drug-likeness (QED) is 0.156. The van der Waals surface area contributed by atoms with Crippen LogP contribution in [0, 0.1) is 0 Å². The Morgan fingerprint density at radius 1 is 0.633 bits per heavy atom. The lowest BCUT2D eigenvalue weighted by Gasteiger charge is -2.37. The Morgan fingerprint density at radius 2 is 1.12 bits per heavy atom. The Labute approximate surface area is 351 Å². The lowest BCUT2D eigenvalue weighted by atomic mass is 10.0. The zero-order valence-corrected chi connectivity index (χ0v) is 36.8. The molecule has 0 unspecified atom stereocenters. The van der Waals surface area contributed by atoms with Gasteiger partial charge in [0.2, 0.25) is 11.9 Å². The van der Waals surface area contributed by atoms with Gasteiger partial charge in [0.25, 0.3) is 5.91 Å². The normalized spacial score (nSPS) is 15.7. The van der Waals surface area contributed by atoms with Gasteiger partial charge in [0, 0.05) is 56.2 Å². The summed E-state index contributed by atoms with van der Waals surface area (Å²) in [7, 11) is 0. The fourth-order valence-electron chi connectivity index (χ4n) is 5.76. The summed E-state index contributed by atoms with van der Waals surface area (Å²) in [5.41, 5.74) is 0.0627. The van der Waals surface area contributed by atoms with Gasteiger partial charge in [-0.05, 0) is 125 Å². The van der Waals surface area contributed by atoms with Crippen molar-refractivity contribution < 1.29 is 47.3 Å². The van der Waals surface area contributed by atoms with Gasteiger partial charge >= 0.3 is 24.4 Å². The number of nitrogens with zero attached hydrogens (tertiary/aromatic N) is 5. The van der Waals surface area contributed by atoms with Gasteiger partial charge in [-0.2, -0.15) is 0 Å². The predicted octanol–water partition coefficient (Wildman–Crippen LogP) is 7.37. The molecule has 60 heavy (non-hydrogen) atoms. The van der Waals surface area contributed by atoms with E-state index in [-0.39, 0.29) is 17.7 Å². The zero-order chi connectivity index (χ0) is 44.6. The van der Waals surface area contributed by atoms with Crippen LogP contribution in [0.4, 0.5) is 30.6 Å². The van der Waals surface area contributed by atoms with Gasteiger partial charge in [-0.25, -0.2) is 19.2 Å². The van der Waals surface area contributed by atoms with Crippen molar-refractivity contribution in [1.29, 1.82) is 0 Å². The van der Waals surface area contributed by atoms with Crippen molar-refractivity contribution >= 4 is 59.1 Å². The molecule has 1 aromatic carbocycles. The van der Waals surface area contributed by atoms with E-state index in [1.807, 2.05) is 18.2 Å².